The molecule has 8 nitrogen and oxygen atoms in total. The first-order valence-electron chi connectivity index (χ1n) is 7.07. The Bertz CT molecular complexity index is 804. The second kappa shape index (κ2) is 6.66. The van der Waals surface area contributed by atoms with Crippen LogP contribution in [0, 0.1) is 6.57 Å². The quantitative estimate of drug-likeness (QED) is 0.579. The van der Waals surface area contributed by atoms with E-state index in [1.165, 1.54) is 12.1 Å². The lowest BCUT2D eigenvalue weighted by atomic mass is 10.2. The number of amidine groups is 2. The minimum atomic E-state index is -3.85. The van der Waals surface area contributed by atoms with Crippen molar-refractivity contribution >= 4 is 33.3 Å². The van der Waals surface area contributed by atoms with Crippen LogP contribution in [0.1, 0.15) is 26.7 Å². The lowest BCUT2D eigenvalue weighted by Crippen LogP contribution is -2.31. The van der Waals surface area contributed by atoms with Crippen LogP contribution >= 0.6 is 0 Å². The molecule has 9 heteroatoms. The van der Waals surface area contributed by atoms with Crippen LogP contribution in [0.25, 0.3) is 4.85 Å². The standard InChI is InChI=1S/C14H17N5O3S/c1-4-9(5-2)16-13-14(19-23(21,22)18-13)17-11-8-6-7-10(15-3)12(11)20/h6-9,20H,4-5H2,1-2H3,(H,16,18)(H,17,19). The van der Waals surface area contributed by atoms with Crippen molar-refractivity contribution in [3.8, 4) is 5.75 Å². The third-order valence-electron chi connectivity index (χ3n) is 3.30. The molecule has 0 spiro atoms. The number of hydrogen-bond acceptors (Lipinski definition) is 5. The molecule has 1 heterocycles. The van der Waals surface area contributed by atoms with E-state index in [2.05, 4.69) is 24.3 Å². The molecule has 0 saturated heterocycles. The van der Waals surface area contributed by atoms with Crippen molar-refractivity contribution in [3.63, 3.8) is 0 Å². The molecule has 1 aromatic carbocycles. The Hall–Kier alpha value is -2.60. The van der Waals surface area contributed by atoms with Crippen molar-refractivity contribution in [1.82, 2.24) is 4.72 Å². The number of benzene rings is 1. The van der Waals surface area contributed by atoms with E-state index >= 15 is 0 Å². The zero-order valence-electron chi connectivity index (χ0n) is 12.7. The van der Waals surface area contributed by atoms with Crippen molar-refractivity contribution in [2.45, 2.75) is 32.7 Å². The van der Waals surface area contributed by atoms with Gasteiger partial charge in [0.15, 0.2) is 11.7 Å². The summed E-state index contributed by atoms with van der Waals surface area (Å²) in [6.45, 7) is 10.9. The SMILES string of the molecule is [C-]#[N+]c1cccc(NC2=NS(=O)(=O)NC2=NC(CC)CC)c1O. The van der Waals surface area contributed by atoms with E-state index in [0.29, 0.717) is 0 Å². The van der Waals surface area contributed by atoms with E-state index < -0.39 is 10.2 Å². The molecule has 1 aromatic rings. The smallest absolute Gasteiger partial charge is 0.345 e. The predicted molar refractivity (Wildman–Crippen MR) is 89.3 cm³/mol. The van der Waals surface area contributed by atoms with E-state index in [1.54, 1.807) is 6.07 Å². The molecule has 1 aliphatic heterocycles. The van der Waals surface area contributed by atoms with E-state index in [0.717, 1.165) is 12.8 Å². The molecule has 0 bridgehead atoms. The molecule has 0 amide bonds. The summed E-state index contributed by atoms with van der Waals surface area (Å²) in [5.41, 5.74) is 0.247. The molecule has 0 unspecified atom stereocenters. The van der Waals surface area contributed by atoms with E-state index in [-0.39, 0.29) is 34.8 Å². The summed E-state index contributed by atoms with van der Waals surface area (Å²) in [6.07, 6.45) is 1.51. The second-order valence-electron chi connectivity index (χ2n) is 4.88. The third-order valence-corrected chi connectivity index (χ3v) is 4.18. The van der Waals surface area contributed by atoms with Crippen molar-refractivity contribution < 1.29 is 13.5 Å². The van der Waals surface area contributed by atoms with E-state index in [4.69, 9.17) is 6.57 Å². The molecule has 3 N–H and O–H groups in total. The van der Waals surface area contributed by atoms with Gasteiger partial charge in [-0.2, -0.15) is 8.42 Å². The molecule has 23 heavy (non-hydrogen) atoms. The number of aliphatic imine (C=N–C) groups is 1. The Morgan fingerprint density at radius 3 is 2.74 bits per heavy atom. The number of phenolic OH excluding ortho intramolecular Hbond substituents is 1. The molecular weight excluding hydrogens is 318 g/mol. The van der Waals surface area contributed by atoms with Crippen molar-refractivity contribution in [3.05, 3.63) is 29.6 Å². The molecule has 0 atom stereocenters. The monoisotopic (exact) mass is 335 g/mol. The highest BCUT2D eigenvalue weighted by atomic mass is 32.2. The molecule has 1 aliphatic rings. The number of anilines is 1. The summed E-state index contributed by atoms with van der Waals surface area (Å²) in [7, 11) is -3.85. The van der Waals surface area contributed by atoms with Crippen LogP contribution < -0.4 is 10.0 Å². The van der Waals surface area contributed by atoms with Gasteiger partial charge in [0.05, 0.1) is 18.3 Å². The van der Waals surface area contributed by atoms with Gasteiger partial charge >= 0.3 is 10.2 Å². The van der Waals surface area contributed by atoms with Crippen LogP contribution in [-0.2, 0) is 10.2 Å². The molecule has 0 aromatic heterocycles. The number of nitrogens with zero attached hydrogens (tertiary/aromatic N) is 3. The van der Waals surface area contributed by atoms with Crippen LogP contribution in [0.4, 0.5) is 11.4 Å². The van der Waals surface area contributed by atoms with E-state index in [1.807, 2.05) is 13.8 Å². The maximum Gasteiger partial charge on any atom is 0.345 e. The van der Waals surface area contributed by atoms with Crippen LogP contribution in [-0.4, -0.2) is 31.2 Å². The highest BCUT2D eigenvalue weighted by Crippen LogP contribution is 2.34. The molecule has 2 rings (SSSR count). The fourth-order valence-electron chi connectivity index (χ4n) is 2.03. The Labute approximate surface area is 135 Å². The van der Waals surface area contributed by atoms with Crippen LogP contribution in [0.5, 0.6) is 5.75 Å². The van der Waals surface area contributed by atoms with Gasteiger partial charge in [-0.05, 0) is 18.9 Å². The minimum absolute atomic E-state index is 0.00525. The number of para-hydroxylation sites is 1. The average Bonchev–Trinajstić information content (AvgIpc) is 2.80. The topological polar surface area (TPSA) is 108 Å². The third kappa shape index (κ3) is 3.78. The van der Waals surface area contributed by atoms with Gasteiger partial charge in [-0.3, -0.25) is 4.99 Å². The van der Waals surface area contributed by atoms with Gasteiger partial charge in [0.25, 0.3) is 0 Å². The first-order valence-corrected chi connectivity index (χ1v) is 8.51. The molecule has 0 radical (unpaired) electrons. The Balaban J connectivity index is 2.38. The van der Waals surface area contributed by atoms with Crippen molar-refractivity contribution in [2.75, 3.05) is 5.32 Å². The van der Waals surface area contributed by atoms with Crippen LogP contribution in [0.15, 0.2) is 27.6 Å². The largest absolute Gasteiger partial charge is 0.517 e. The zero-order chi connectivity index (χ0) is 17.0. The molecule has 0 saturated carbocycles. The van der Waals surface area contributed by atoms with Gasteiger partial charge in [0.2, 0.25) is 5.69 Å². The summed E-state index contributed by atoms with van der Waals surface area (Å²) in [4.78, 5) is 7.53. The van der Waals surface area contributed by atoms with E-state index in [9.17, 15) is 13.5 Å². The molecular formula is C14H17N5O3S. The summed E-state index contributed by atoms with van der Waals surface area (Å²) < 4.78 is 29.2. The Kier molecular flexibility index (Phi) is 4.86. The lowest BCUT2D eigenvalue weighted by Gasteiger charge is -2.11. The Morgan fingerprint density at radius 2 is 2.13 bits per heavy atom. The fraction of sp³-hybridized carbons (Fsp3) is 0.357. The van der Waals surface area contributed by atoms with Crippen molar-refractivity contribution in [2.24, 2.45) is 9.39 Å². The molecule has 0 fully saturated rings. The number of phenols is 1. The maximum absolute atomic E-state index is 11.7. The van der Waals surface area contributed by atoms with Crippen LogP contribution in [0.2, 0.25) is 0 Å². The van der Waals surface area contributed by atoms with Gasteiger partial charge in [-0.1, -0.05) is 26.0 Å². The fourth-order valence-corrected chi connectivity index (χ4v) is 2.84. The summed E-state index contributed by atoms with van der Waals surface area (Å²) in [5, 5.41) is 12.7. The van der Waals surface area contributed by atoms with Crippen LogP contribution in [0.3, 0.4) is 0 Å². The number of aromatic hydroxyl groups is 1. The maximum atomic E-state index is 11.7. The molecule has 122 valence electrons. The lowest BCUT2D eigenvalue weighted by molar-refractivity contribution is 0.481. The minimum Gasteiger partial charge on any atom is -0.517 e. The summed E-state index contributed by atoms with van der Waals surface area (Å²) in [5.74, 6) is -0.169. The molecule has 0 aliphatic carbocycles. The first kappa shape index (κ1) is 16.8. The predicted octanol–water partition coefficient (Wildman–Crippen LogP) is 2.19. The highest BCUT2D eigenvalue weighted by Gasteiger charge is 2.27. The van der Waals surface area contributed by atoms with Gasteiger partial charge in [-0.25, -0.2) is 9.57 Å². The van der Waals surface area contributed by atoms with Gasteiger partial charge in [0.1, 0.15) is 5.75 Å². The van der Waals surface area contributed by atoms with Gasteiger partial charge < -0.3 is 10.4 Å². The summed E-state index contributed by atoms with van der Waals surface area (Å²) >= 11 is 0. The second-order valence-corrected chi connectivity index (χ2v) is 6.21. The highest BCUT2D eigenvalue weighted by molar-refractivity contribution is 7.89. The number of rotatable bonds is 4. The van der Waals surface area contributed by atoms with Gasteiger partial charge in [-0.15, -0.1) is 4.40 Å². The first-order chi connectivity index (χ1) is 10.9. The number of nitrogens with one attached hydrogen (secondary N) is 2. The summed E-state index contributed by atoms with van der Waals surface area (Å²) in [6, 6.07) is 4.51. The Morgan fingerprint density at radius 1 is 1.43 bits per heavy atom. The van der Waals surface area contributed by atoms with Crippen molar-refractivity contribution in [1.29, 1.82) is 0 Å². The van der Waals surface area contributed by atoms with Gasteiger partial charge in [0, 0.05) is 0 Å². The zero-order valence-corrected chi connectivity index (χ0v) is 13.6. The average molecular weight is 335 g/mol. The number of hydrogen-bond donors (Lipinski definition) is 3. The normalized spacial score (nSPS) is 17.7.